The van der Waals surface area contributed by atoms with Gasteiger partial charge in [0.2, 0.25) is 5.91 Å². The van der Waals surface area contributed by atoms with Crippen molar-refractivity contribution in [1.82, 2.24) is 0 Å². The van der Waals surface area contributed by atoms with Gasteiger partial charge in [0.05, 0.1) is 9.96 Å². The topological polar surface area (TPSA) is 66.4 Å². The lowest BCUT2D eigenvalue weighted by atomic mass is 10.2. The van der Waals surface area contributed by atoms with Crippen LogP contribution in [0.15, 0.2) is 52.1 Å². The van der Waals surface area contributed by atoms with E-state index in [1.807, 2.05) is 17.5 Å². The molecule has 0 saturated heterocycles. The van der Waals surface area contributed by atoms with Gasteiger partial charge < -0.3 is 10.4 Å². The van der Waals surface area contributed by atoms with Crippen molar-refractivity contribution in [2.45, 2.75) is 4.21 Å². The van der Waals surface area contributed by atoms with Gasteiger partial charge >= 0.3 is 5.97 Å². The number of carboxylic acids is 1. The highest BCUT2D eigenvalue weighted by Crippen LogP contribution is 2.23. The van der Waals surface area contributed by atoms with Crippen molar-refractivity contribution in [3.63, 3.8) is 0 Å². The number of rotatable bonds is 6. The van der Waals surface area contributed by atoms with E-state index < -0.39 is 5.97 Å². The largest absolute Gasteiger partial charge is 0.478 e. The number of hydrogen-bond acceptors (Lipinski definition) is 4. The molecule has 0 fully saturated rings. The average molecular weight is 319 g/mol. The van der Waals surface area contributed by atoms with Crippen LogP contribution in [0.4, 0.5) is 5.69 Å². The maximum Gasteiger partial charge on any atom is 0.328 e. The summed E-state index contributed by atoms with van der Waals surface area (Å²) in [6, 6.07) is 11.0. The smallest absolute Gasteiger partial charge is 0.328 e. The molecule has 0 aliphatic rings. The maximum absolute atomic E-state index is 11.8. The summed E-state index contributed by atoms with van der Waals surface area (Å²) in [5.41, 5.74) is 1.38. The zero-order valence-corrected chi connectivity index (χ0v) is 12.6. The molecule has 108 valence electrons. The Balaban J connectivity index is 1.91. The van der Waals surface area contributed by atoms with E-state index in [9.17, 15) is 9.59 Å². The second-order valence-electron chi connectivity index (χ2n) is 4.07. The van der Waals surface area contributed by atoms with Crippen LogP contribution in [0, 0.1) is 0 Å². The Kier molecular flexibility index (Phi) is 5.59. The van der Waals surface area contributed by atoms with Crippen molar-refractivity contribution in [3.05, 3.63) is 53.4 Å². The fourth-order valence-electron chi connectivity index (χ4n) is 1.57. The first-order valence-corrected chi connectivity index (χ1v) is 7.97. The molecular weight excluding hydrogens is 306 g/mol. The molecule has 0 radical (unpaired) electrons. The molecule has 0 atom stereocenters. The van der Waals surface area contributed by atoms with Crippen LogP contribution in [0.1, 0.15) is 5.56 Å². The van der Waals surface area contributed by atoms with Gasteiger partial charge in [-0.2, -0.15) is 0 Å². The van der Waals surface area contributed by atoms with Gasteiger partial charge in [-0.3, -0.25) is 4.79 Å². The van der Waals surface area contributed by atoms with Crippen molar-refractivity contribution in [2.24, 2.45) is 0 Å². The molecule has 2 N–H and O–H groups in total. The number of aliphatic carboxylic acids is 1. The van der Waals surface area contributed by atoms with Gasteiger partial charge in [-0.05, 0) is 35.2 Å². The molecule has 6 heteroatoms. The third kappa shape index (κ3) is 5.45. The molecule has 0 bridgehead atoms. The van der Waals surface area contributed by atoms with E-state index in [1.165, 1.54) is 17.8 Å². The van der Waals surface area contributed by atoms with E-state index in [0.717, 1.165) is 15.8 Å². The predicted octanol–water partition coefficient (Wildman–Crippen LogP) is 3.58. The molecule has 0 spiro atoms. The van der Waals surface area contributed by atoms with E-state index >= 15 is 0 Å². The first-order chi connectivity index (χ1) is 10.1. The Morgan fingerprint density at radius 1 is 1.29 bits per heavy atom. The molecule has 4 nitrogen and oxygen atoms in total. The van der Waals surface area contributed by atoms with Crippen LogP contribution >= 0.6 is 23.1 Å². The number of thioether (sulfide) groups is 1. The molecule has 0 unspecified atom stereocenters. The van der Waals surface area contributed by atoms with Gasteiger partial charge in [0, 0.05) is 11.8 Å². The number of carboxylic acid groups (broad SMARTS) is 1. The molecule has 1 aromatic carbocycles. The summed E-state index contributed by atoms with van der Waals surface area (Å²) in [6.07, 6.45) is 2.55. The molecule has 1 heterocycles. The molecule has 21 heavy (non-hydrogen) atoms. The summed E-state index contributed by atoms with van der Waals surface area (Å²) in [7, 11) is 0. The minimum atomic E-state index is -1.00. The van der Waals surface area contributed by atoms with Crippen LogP contribution < -0.4 is 5.32 Å². The Labute approximate surface area is 130 Å². The van der Waals surface area contributed by atoms with E-state index in [0.29, 0.717) is 11.4 Å². The van der Waals surface area contributed by atoms with Crippen LogP contribution in [0.25, 0.3) is 6.08 Å². The van der Waals surface area contributed by atoms with Gasteiger partial charge in [-0.25, -0.2) is 4.79 Å². The Morgan fingerprint density at radius 2 is 2.14 bits per heavy atom. The number of thiophene rings is 1. The molecule has 2 rings (SSSR count). The summed E-state index contributed by atoms with van der Waals surface area (Å²) < 4.78 is 1.10. The van der Waals surface area contributed by atoms with Crippen LogP contribution in [-0.4, -0.2) is 22.7 Å². The lowest BCUT2D eigenvalue weighted by molar-refractivity contribution is -0.131. The normalized spacial score (nSPS) is 10.7. The number of anilines is 1. The van der Waals surface area contributed by atoms with Crippen molar-refractivity contribution in [3.8, 4) is 0 Å². The monoisotopic (exact) mass is 319 g/mol. The van der Waals surface area contributed by atoms with E-state index in [2.05, 4.69) is 5.32 Å². The minimum Gasteiger partial charge on any atom is -0.478 e. The highest BCUT2D eigenvalue weighted by atomic mass is 32.2. The number of amides is 1. The Bertz CT molecular complexity index is 651. The summed E-state index contributed by atoms with van der Waals surface area (Å²) in [5.74, 6) is -0.750. The summed E-state index contributed by atoms with van der Waals surface area (Å²) in [6.45, 7) is 0. The van der Waals surface area contributed by atoms with Crippen LogP contribution in [0.2, 0.25) is 0 Å². The van der Waals surface area contributed by atoms with Crippen LogP contribution in [-0.2, 0) is 9.59 Å². The SMILES string of the molecule is O=C(O)/C=C/c1cccc(NC(=O)CSc2cccs2)c1. The van der Waals surface area contributed by atoms with Crippen molar-refractivity contribution in [2.75, 3.05) is 11.1 Å². The van der Waals surface area contributed by atoms with Gasteiger partial charge in [-0.15, -0.1) is 23.1 Å². The van der Waals surface area contributed by atoms with Gasteiger partial charge in [0.25, 0.3) is 0 Å². The lowest BCUT2D eigenvalue weighted by Crippen LogP contribution is -2.13. The summed E-state index contributed by atoms with van der Waals surface area (Å²) in [5, 5.41) is 13.4. The fourth-order valence-corrected chi connectivity index (χ4v) is 3.15. The molecular formula is C15H13NO3S2. The number of benzene rings is 1. The minimum absolute atomic E-state index is 0.0900. The molecule has 0 aliphatic heterocycles. The van der Waals surface area contributed by atoms with E-state index in [4.69, 9.17) is 5.11 Å². The van der Waals surface area contributed by atoms with Crippen LogP contribution in [0.5, 0.6) is 0 Å². The van der Waals surface area contributed by atoms with Crippen LogP contribution in [0.3, 0.4) is 0 Å². The first-order valence-electron chi connectivity index (χ1n) is 6.11. The highest BCUT2D eigenvalue weighted by molar-refractivity contribution is 8.01. The van der Waals surface area contributed by atoms with Crippen molar-refractivity contribution >= 4 is 46.7 Å². The predicted molar refractivity (Wildman–Crippen MR) is 86.8 cm³/mol. The molecule has 1 amide bonds. The molecule has 0 aliphatic carbocycles. The zero-order valence-electron chi connectivity index (χ0n) is 11.0. The quantitative estimate of drug-likeness (QED) is 0.631. The number of nitrogens with one attached hydrogen (secondary N) is 1. The second kappa shape index (κ2) is 7.66. The van der Waals surface area contributed by atoms with Crippen molar-refractivity contribution in [1.29, 1.82) is 0 Å². The number of carbonyl (C=O) groups excluding carboxylic acids is 1. The molecule has 0 saturated carbocycles. The molecule has 1 aromatic heterocycles. The standard InChI is InChI=1S/C15H13NO3S2/c17-13(10-21-15-5-2-8-20-15)16-12-4-1-3-11(9-12)6-7-14(18)19/h1-9H,10H2,(H,16,17)(H,18,19)/b7-6+. The number of hydrogen-bond donors (Lipinski definition) is 2. The maximum atomic E-state index is 11.8. The lowest BCUT2D eigenvalue weighted by Gasteiger charge is -2.05. The third-order valence-corrected chi connectivity index (χ3v) is 4.56. The van der Waals surface area contributed by atoms with Gasteiger partial charge in [0.15, 0.2) is 0 Å². The number of carbonyl (C=O) groups is 2. The summed E-state index contributed by atoms with van der Waals surface area (Å²) in [4.78, 5) is 22.3. The Morgan fingerprint density at radius 3 is 2.86 bits per heavy atom. The average Bonchev–Trinajstić information content (AvgIpc) is 2.97. The third-order valence-electron chi connectivity index (χ3n) is 2.43. The second-order valence-corrected chi connectivity index (χ2v) is 6.29. The van der Waals surface area contributed by atoms with Crippen molar-refractivity contribution < 1.29 is 14.7 Å². The fraction of sp³-hybridized carbons (Fsp3) is 0.0667. The zero-order chi connectivity index (χ0) is 15.1. The highest BCUT2D eigenvalue weighted by Gasteiger charge is 2.04. The van der Waals surface area contributed by atoms with E-state index in [-0.39, 0.29) is 5.91 Å². The first kappa shape index (κ1) is 15.3. The van der Waals surface area contributed by atoms with E-state index in [1.54, 1.807) is 35.6 Å². The summed E-state index contributed by atoms with van der Waals surface area (Å²) >= 11 is 3.09. The molecule has 2 aromatic rings. The van der Waals surface area contributed by atoms with Gasteiger partial charge in [0.1, 0.15) is 0 Å². The Hall–Kier alpha value is -2.05. The van der Waals surface area contributed by atoms with Gasteiger partial charge in [-0.1, -0.05) is 18.2 Å².